The maximum absolute atomic E-state index is 6.37. The molecule has 0 saturated heterocycles. The van der Waals surface area contributed by atoms with Crippen LogP contribution in [0.3, 0.4) is 0 Å². The number of hydrogen-bond acceptors (Lipinski definition) is 6. The fourth-order valence-corrected chi connectivity index (χ4v) is 3.59. The lowest BCUT2D eigenvalue weighted by Gasteiger charge is -2.22. The topological polar surface area (TPSA) is 88.5 Å². The van der Waals surface area contributed by atoms with E-state index in [0.29, 0.717) is 15.6 Å². The zero-order valence-electron chi connectivity index (χ0n) is 11.3. The highest BCUT2D eigenvalue weighted by Crippen LogP contribution is 2.40. The number of benzene rings is 2. The molecule has 8 heteroatoms. The molecule has 0 fully saturated rings. The van der Waals surface area contributed by atoms with Gasteiger partial charge in [0, 0.05) is 15.4 Å². The Morgan fingerprint density at radius 3 is 2.27 bits per heavy atom. The van der Waals surface area contributed by atoms with Crippen molar-refractivity contribution in [3.63, 3.8) is 0 Å². The largest absolute Gasteiger partial charge is 0.369 e. The number of aliphatic imine (C=N–C) groups is 1. The number of halogens is 2. The second-order valence-corrected chi connectivity index (χ2v) is 6.60. The first-order chi connectivity index (χ1) is 10.5. The average molecular weight is 354 g/mol. The summed E-state index contributed by atoms with van der Waals surface area (Å²) in [6, 6.07) is 13.3. The van der Waals surface area contributed by atoms with Crippen LogP contribution in [0.1, 0.15) is 5.56 Å². The summed E-state index contributed by atoms with van der Waals surface area (Å²) < 4.78 is 0. The fraction of sp³-hybridized carbons (Fsp3) is 0.0714. The third kappa shape index (κ3) is 3.02. The Hall–Kier alpha value is -1.44. The molecular formula is C14H13Cl2N5S. The van der Waals surface area contributed by atoms with Crippen LogP contribution in [0.2, 0.25) is 10.0 Å². The first-order valence-electron chi connectivity index (χ1n) is 6.38. The smallest absolute Gasteiger partial charge is 0.209 e. The standard InChI is InChI=1S/C14H13Cl2N5S/c15-10-6-8(14(18)19-13(17)20-21-14)7-11(16)12(10)22-9-4-2-1-3-5-9/h1-7,21H,18H2,(H3,17,19,20). The fourth-order valence-electron chi connectivity index (χ4n) is 2.03. The summed E-state index contributed by atoms with van der Waals surface area (Å²) in [5, 5.41) is 1.01. The molecule has 3 rings (SSSR count). The van der Waals surface area contributed by atoms with E-state index in [-0.39, 0.29) is 5.96 Å². The lowest BCUT2D eigenvalue weighted by molar-refractivity contribution is 0.375. The molecule has 0 amide bonds. The van der Waals surface area contributed by atoms with Gasteiger partial charge in [-0.2, -0.15) is 5.43 Å². The minimum atomic E-state index is -1.19. The summed E-state index contributed by atoms with van der Waals surface area (Å²) in [5.41, 5.74) is 17.8. The van der Waals surface area contributed by atoms with Gasteiger partial charge in [-0.1, -0.05) is 53.2 Å². The van der Waals surface area contributed by atoms with E-state index >= 15 is 0 Å². The molecule has 0 spiro atoms. The monoisotopic (exact) mass is 353 g/mol. The summed E-state index contributed by atoms with van der Waals surface area (Å²) >= 11 is 14.2. The van der Waals surface area contributed by atoms with Crippen LogP contribution in [0.25, 0.3) is 0 Å². The number of nitrogens with zero attached hydrogens (tertiary/aromatic N) is 1. The van der Waals surface area contributed by atoms with Crippen LogP contribution in [-0.4, -0.2) is 5.96 Å². The predicted molar refractivity (Wildman–Crippen MR) is 90.8 cm³/mol. The molecule has 6 N–H and O–H groups in total. The van der Waals surface area contributed by atoms with E-state index in [1.165, 1.54) is 11.8 Å². The first-order valence-corrected chi connectivity index (χ1v) is 7.95. The van der Waals surface area contributed by atoms with Gasteiger partial charge in [0.25, 0.3) is 0 Å². The summed E-state index contributed by atoms with van der Waals surface area (Å²) in [6.45, 7) is 0. The molecule has 1 heterocycles. The number of nitrogens with two attached hydrogens (primary N) is 2. The molecule has 1 atom stereocenters. The quantitative estimate of drug-likeness (QED) is 0.681. The molecular weight excluding hydrogens is 341 g/mol. The molecule has 2 aromatic carbocycles. The van der Waals surface area contributed by atoms with Crippen molar-refractivity contribution in [1.82, 2.24) is 10.9 Å². The number of rotatable bonds is 3. The van der Waals surface area contributed by atoms with Crippen molar-refractivity contribution in [2.24, 2.45) is 16.5 Å². The Labute approximate surface area is 142 Å². The zero-order valence-corrected chi connectivity index (χ0v) is 13.6. The SMILES string of the molecule is NC1=NC(N)(c2cc(Cl)c(Sc3ccccc3)c(Cl)c2)NN1. The Morgan fingerprint density at radius 2 is 1.73 bits per heavy atom. The van der Waals surface area contributed by atoms with Gasteiger partial charge in [0.05, 0.1) is 10.0 Å². The highest BCUT2D eigenvalue weighted by Gasteiger charge is 2.32. The van der Waals surface area contributed by atoms with Crippen LogP contribution in [0.4, 0.5) is 0 Å². The van der Waals surface area contributed by atoms with Gasteiger partial charge in [0.1, 0.15) is 0 Å². The third-order valence-electron chi connectivity index (χ3n) is 3.08. The molecule has 22 heavy (non-hydrogen) atoms. The highest BCUT2D eigenvalue weighted by molar-refractivity contribution is 7.99. The van der Waals surface area contributed by atoms with E-state index in [1.54, 1.807) is 12.1 Å². The Kier molecular flexibility index (Phi) is 4.20. The van der Waals surface area contributed by atoms with Crippen molar-refractivity contribution in [2.45, 2.75) is 15.6 Å². The molecule has 114 valence electrons. The van der Waals surface area contributed by atoms with Crippen LogP contribution in [0.5, 0.6) is 0 Å². The van der Waals surface area contributed by atoms with E-state index in [0.717, 1.165) is 9.79 Å². The van der Waals surface area contributed by atoms with E-state index in [2.05, 4.69) is 15.8 Å². The summed E-state index contributed by atoms with van der Waals surface area (Å²) in [6.07, 6.45) is 0. The lowest BCUT2D eigenvalue weighted by atomic mass is 10.1. The van der Waals surface area contributed by atoms with Crippen molar-refractivity contribution in [3.8, 4) is 0 Å². The number of guanidine groups is 1. The highest BCUT2D eigenvalue weighted by atomic mass is 35.5. The van der Waals surface area contributed by atoms with Crippen molar-refractivity contribution in [1.29, 1.82) is 0 Å². The molecule has 0 aliphatic carbocycles. The van der Waals surface area contributed by atoms with Crippen molar-refractivity contribution < 1.29 is 0 Å². The van der Waals surface area contributed by atoms with Crippen molar-refractivity contribution >= 4 is 40.9 Å². The van der Waals surface area contributed by atoms with Crippen LogP contribution in [0, 0.1) is 0 Å². The first kappa shape index (κ1) is 15.5. The molecule has 0 saturated carbocycles. The van der Waals surface area contributed by atoms with Gasteiger partial charge < -0.3 is 5.73 Å². The molecule has 5 nitrogen and oxygen atoms in total. The van der Waals surface area contributed by atoms with Gasteiger partial charge in [-0.15, -0.1) is 0 Å². The van der Waals surface area contributed by atoms with Gasteiger partial charge in [-0.05, 0) is 24.3 Å². The maximum Gasteiger partial charge on any atom is 0.209 e. The zero-order chi connectivity index (χ0) is 15.7. The molecule has 0 bridgehead atoms. The number of hydrazine groups is 1. The molecule has 2 aromatic rings. The van der Waals surface area contributed by atoms with E-state index < -0.39 is 5.79 Å². The van der Waals surface area contributed by atoms with Gasteiger partial charge in [0.2, 0.25) is 11.7 Å². The Morgan fingerprint density at radius 1 is 1.09 bits per heavy atom. The van der Waals surface area contributed by atoms with Crippen molar-refractivity contribution in [3.05, 3.63) is 58.1 Å². The third-order valence-corrected chi connectivity index (χ3v) is 5.05. The molecule has 1 unspecified atom stereocenters. The molecule has 0 radical (unpaired) electrons. The van der Waals surface area contributed by atoms with Crippen LogP contribution in [-0.2, 0) is 5.79 Å². The Balaban J connectivity index is 1.95. The van der Waals surface area contributed by atoms with E-state index in [1.807, 2.05) is 30.3 Å². The van der Waals surface area contributed by atoms with Crippen molar-refractivity contribution in [2.75, 3.05) is 0 Å². The predicted octanol–water partition coefficient (Wildman–Crippen LogP) is 2.64. The van der Waals surface area contributed by atoms with Gasteiger partial charge >= 0.3 is 0 Å². The normalized spacial score (nSPS) is 20.6. The Bertz CT molecular complexity index is 714. The maximum atomic E-state index is 6.37. The molecule has 1 aliphatic rings. The van der Waals surface area contributed by atoms with E-state index in [9.17, 15) is 0 Å². The summed E-state index contributed by atoms with van der Waals surface area (Å²) in [4.78, 5) is 5.93. The van der Waals surface area contributed by atoms with E-state index in [4.69, 9.17) is 34.7 Å². The second kappa shape index (κ2) is 5.98. The molecule has 1 aliphatic heterocycles. The number of hydrogen-bond donors (Lipinski definition) is 4. The minimum Gasteiger partial charge on any atom is -0.369 e. The lowest BCUT2D eigenvalue weighted by Crippen LogP contribution is -2.50. The van der Waals surface area contributed by atoms with Crippen LogP contribution in [0.15, 0.2) is 57.2 Å². The summed E-state index contributed by atoms with van der Waals surface area (Å²) in [7, 11) is 0. The van der Waals surface area contributed by atoms with Crippen LogP contribution < -0.4 is 22.3 Å². The molecule has 0 aromatic heterocycles. The van der Waals surface area contributed by atoms with Crippen LogP contribution >= 0.6 is 35.0 Å². The number of nitrogens with one attached hydrogen (secondary N) is 2. The van der Waals surface area contributed by atoms with Gasteiger partial charge in [0.15, 0.2) is 0 Å². The second-order valence-electron chi connectivity index (χ2n) is 4.70. The summed E-state index contributed by atoms with van der Waals surface area (Å²) in [5.74, 6) is -0.981. The van der Waals surface area contributed by atoms with Gasteiger partial charge in [-0.25, -0.2) is 4.99 Å². The minimum absolute atomic E-state index is 0.206. The van der Waals surface area contributed by atoms with Gasteiger partial charge in [-0.3, -0.25) is 11.2 Å². The average Bonchev–Trinajstić information content (AvgIpc) is 2.84.